The second-order valence-electron chi connectivity index (χ2n) is 8.40. The van der Waals surface area contributed by atoms with E-state index in [1.54, 1.807) is 4.90 Å². The molecule has 1 atom stereocenters. The van der Waals surface area contributed by atoms with Gasteiger partial charge in [0.2, 0.25) is 11.8 Å². The predicted molar refractivity (Wildman–Crippen MR) is 99.1 cm³/mol. The molecule has 0 radical (unpaired) electrons. The summed E-state index contributed by atoms with van der Waals surface area (Å²) in [6.45, 7) is 6.19. The Balaban J connectivity index is 1.80. The van der Waals surface area contributed by atoms with E-state index >= 15 is 0 Å². The molecule has 1 aromatic rings. The Morgan fingerprint density at radius 1 is 1.23 bits per heavy atom. The predicted octanol–water partition coefficient (Wildman–Crippen LogP) is 3.43. The fraction of sp³-hybridized carbons (Fsp3) is 0.619. The fourth-order valence-electron chi connectivity index (χ4n) is 4.49. The van der Waals surface area contributed by atoms with Gasteiger partial charge >= 0.3 is 0 Å². The molecule has 5 heteroatoms. The second kappa shape index (κ2) is 7.37. The highest BCUT2D eigenvalue weighted by molar-refractivity contribution is 5.79. The Morgan fingerprint density at radius 2 is 1.85 bits per heavy atom. The van der Waals surface area contributed by atoms with E-state index in [4.69, 9.17) is 0 Å². The number of hydrogen-bond donors (Lipinski definition) is 0. The lowest BCUT2D eigenvalue weighted by Crippen LogP contribution is -2.53. The Labute approximate surface area is 155 Å². The van der Waals surface area contributed by atoms with E-state index in [9.17, 15) is 14.0 Å². The van der Waals surface area contributed by atoms with Crippen LogP contribution in [0.2, 0.25) is 0 Å². The molecule has 0 saturated carbocycles. The number of nitrogens with zero attached hydrogens (tertiary/aromatic N) is 2. The Kier molecular flexibility index (Phi) is 5.35. The number of rotatable bonds is 3. The maximum Gasteiger partial charge on any atom is 0.222 e. The van der Waals surface area contributed by atoms with Crippen LogP contribution < -0.4 is 0 Å². The van der Waals surface area contributed by atoms with Crippen LogP contribution in [0.25, 0.3) is 0 Å². The van der Waals surface area contributed by atoms with E-state index in [1.807, 2.05) is 24.1 Å². The summed E-state index contributed by atoms with van der Waals surface area (Å²) in [5.74, 6) is 0.693. The summed E-state index contributed by atoms with van der Waals surface area (Å²) in [5, 5.41) is 0. The van der Waals surface area contributed by atoms with Gasteiger partial charge in [-0.15, -0.1) is 0 Å². The van der Waals surface area contributed by atoms with Gasteiger partial charge in [0, 0.05) is 45.4 Å². The molecule has 2 aliphatic rings. The van der Waals surface area contributed by atoms with Crippen LogP contribution in [0.15, 0.2) is 24.3 Å². The van der Waals surface area contributed by atoms with Crippen molar-refractivity contribution in [3.63, 3.8) is 0 Å². The fourth-order valence-corrected chi connectivity index (χ4v) is 4.49. The van der Waals surface area contributed by atoms with Gasteiger partial charge in [-0.25, -0.2) is 4.39 Å². The first-order valence-corrected chi connectivity index (χ1v) is 9.58. The quantitative estimate of drug-likeness (QED) is 0.829. The largest absolute Gasteiger partial charge is 0.345 e. The highest BCUT2D eigenvalue weighted by Crippen LogP contribution is 2.50. The van der Waals surface area contributed by atoms with E-state index in [1.165, 1.54) is 12.1 Å². The van der Waals surface area contributed by atoms with Crippen LogP contribution in [0.5, 0.6) is 0 Å². The number of benzene rings is 1. The van der Waals surface area contributed by atoms with Crippen molar-refractivity contribution < 1.29 is 14.0 Å². The zero-order chi connectivity index (χ0) is 18.9. The highest BCUT2D eigenvalue weighted by atomic mass is 19.1. The summed E-state index contributed by atoms with van der Waals surface area (Å²) in [6.07, 6.45) is 2.75. The molecule has 3 rings (SSSR count). The smallest absolute Gasteiger partial charge is 0.222 e. The molecule has 0 bridgehead atoms. The van der Waals surface area contributed by atoms with Crippen molar-refractivity contribution in [1.29, 1.82) is 0 Å². The van der Waals surface area contributed by atoms with Gasteiger partial charge in [0.05, 0.1) is 0 Å². The zero-order valence-electron chi connectivity index (χ0n) is 16.0. The number of halogens is 1. The summed E-state index contributed by atoms with van der Waals surface area (Å²) in [5.41, 5.74) is 0.962. The van der Waals surface area contributed by atoms with Crippen LogP contribution in [-0.4, -0.2) is 48.3 Å². The van der Waals surface area contributed by atoms with Crippen LogP contribution in [0.3, 0.4) is 0 Å². The van der Waals surface area contributed by atoms with E-state index < -0.39 is 0 Å². The lowest BCUT2D eigenvalue weighted by Gasteiger charge is -2.51. The first-order valence-electron chi connectivity index (χ1n) is 9.58. The molecule has 1 aromatic carbocycles. The molecule has 0 aliphatic carbocycles. The van der Waals surface area contributed by atoms with Crippen LogP contribution in [-0.2, 0) is 9.59 Å². The standard InChI is InChI=1S/C21H29FN2O2/c1-15(2)12-19(25)24-10-8-21(9-11-24)13-20(26)23(3)14-18(21)16-4-6-17(22)7-5-16/h4-7,15,18H,8-14H2,1-3H3. The molecule has 1 spiro atoms. The molecular formula is C21H29FN2O2. The third-order valence-corrected chi connectivity index (χ3v) is 6.09. The van der Waals surface area contributed by atoms with Gasteiger partial charge in [0.15, 0.2) is 0 Å². The van der Waals surface area contributed by atoms with Crippen LogP contribution in [0.1, 0.15) is 51.0 Å². The Bertz CT molecular complexity index is 663. The van der Waals surface area contributed by atoms with Gasteiger partial charge in [-0.2, -0.15) is 0 Å². The topological polar surface area (TPSA) is 40.6 Å². The molecule has 26 heavy (non-hydrogen) atoms. The average Bonchev–Trinajstić information content (AvgIpc) is 2.59. The van der Waals surface area contributed by atoms with Crippen LogP contribution in [0.4, 0.5) is 4.39 Å². The molecule has 0 aromatic heterocycles. The average molecular weight is 360 g/mol. The Hall–Kier alpha value is -1.91. The number of carbonyl (C=O) groups is 2. The van der Waals surface area contributed by atoms with Crippen molar-refractivity contribution in [2.75, 3.05) is 26.7 Å². The number of likely N-dealkylation sites (tertiary alicyclic amines) is 2. The normalized spacial score (nSPS) is 23.0. The molecule has 2 heterocycles. The third-order valence-electron chi connectivity index (χ3n) is 6.09. The first-order chi connectivity index (χ1) is 12.3. The molecule has 2 aliphatic heterocycles. The number of piperidine rings is 2. The van der Waals surface area contributed by atoms with Gasteiger partial charge in [-0.3, -0.25) is 9.59 Å². The van der Waals surface area contributed by atoms with E-state index in [0.29, 0.717) is 38.4 Å². The summed E-state index contributed by atoms with van der Waals surface area (Å²) in [4.78, 5) is 28.6. The highest BCUT2D eigenvalue weighted by Gasteiger charge is 2.48. The van der Waals surface area contributed by atoms with Gasteiger partial charge in [-0.1, -0.05) is 26.0 Å². The molecule has 4 nitrogen and oxygen atoms in total. The molecule has 2 fully saturated rings. The molecular weight excluding hydrogens is 331 g/mol. The number of hydrogen-bond acceptors (Lipinski definition) is 2. The zero-order valence-corrected chi connectivity index (χ0v) is 16.0. The summed E-state index contributed by atoms with van der Waals surface area (Å²) in [6, 6.07) is 6.70. The van der Waals surface area contributed by atoms with Crippen molar-refractivity contribution in [1.82, 2.24) is 9.80 Å². The van der Waals surface area contributed by atoms with Crippen molar-refractivity contribution in [3.05, 3.63) is 35.6 Å². The van der Waals surface area contributed by atoms with Gasteiger partial charge in [0.25, 0.3) is 0 Å². The van der Waals surface area contributed by atoms with Crippen LogP contribution in [0, 0.1) is 17.2 Å². The van der Waals surface area contributed by atoms with Crippen LogP contribution >= 0.6 is 0 Å². The minimum Gasteiger partial charge on any atom is -0.345 e. The Morgan fingerprint density at radius 3 is 2.42 bits per heavy atom. The molecule has 2 saturated heterocycles. The maximum absolute atomic E-state index is 13.4. The number of carbonyl (C=O) groups excluding carboxylic acids is 2. The van der Waals surface area contributed by atoms with E-state index in [2.05, 4.69) is 13.8 Å². The van der Waals surface area contributed by atoms with E-state index in [0.717, 1.165) is 18.4 Å². The molecule has 0 N–H and O–H groups in total. The first kappa shape index (κ1) is 18.9. The van der Waals surface area contributed by atoms with Crippen molar-refractivity contribution in [3.8, 4) is 0 Å². The second-order valence-corrected chi connectivity index (χ2v) is 8.40. The maximum atomic E-state index is 13.4. The minimum atomic E-state index is -0.239. The number of likely N-dealkylation sites (N-methyl/N-ethyl adjacent to an activating group) is 1. The van der Waals surface area contributed by atoms with Crippen molar-refractivity contribution in [2.24, 2.45) is 11.3 Å². The molecule has 1 unspecified atom stereocenters. The summed E-state index contributed by atoms with van der Waals surface area (Å²) >= 11 is 0. The van der Waals surface area contributed by atoms with Gasteiger partial charge < -0.3 is 9.80 Å². The number of amides is 2. The van der Waals surface area contributed by atoms with Crippen molar-refractivity contribution >= 4 is 11.8 Å². The summed E-state index contributed by atoms with van der Waals surface area (Å²) in [7, 11) is 1.84. The lowest BCUT2D eigenvalue weighted by molar-refractivity contribution is -0.142. The minimum absolute atomic E-state index is 0.129. The molecule has 142 valence electrons. The third kappa shape index (κ3) is 3.76. The SMILES string of the molecule is CC(C)CC(=O)N1CCC2(CC1)CC(=O)N(C)CC2c1ccc(F)cc1. The van der Waals surface area contributed by atoms with Crippen molar-refractivity contribution in [2.45, 2.75) is 45.4 Å². The monoisotopic (exact) mass is 360 g/mol. The van der Waals surface area contributed by atoms with Gasteiger partial charge in [0.1, 0.15) is 5.82 Å². The van der Waals surface area contributed by atoms with Gasteiger partial charge in [-0.05, 0) is 41.9 Å². The lowest BCUT2D eigenvalue weighted by atomic mass is 9.62. The van der Waals surface area contributed by atoms with E-state index in [-0.39, 0.29) is 29.0 Å². The summed E-state index contributed by atoms with van der Waals surface area (Å²) < 4.78 is 13.4. The molecule has 2 amide bonds.